The molecule has 0 atom stereocenters. The lowest BCUT2D eigenvalue weighted by atomic mass is 10.0. The molecule has 0 aliphatic carbocycles. The molecule has 2 rings (SSSR count). The highest BCUT2D eigenvalue weighted by Crippen LogP contribution is 2.29. The molecule has 18 heavy (non-hydrogen) atoms. The van der Waals surface area contributed by atoms with E-state index < -0.39 is 5.97 Å². The summed E-state index contributed by atoms with van der Waals surface area (Å²) < 4.78 is 0. The van der Waals surface area contributed by atoms with Crippen LogP contribution in [0.25, 0.3) is 10.4 Å². The summed E-state index contributed by atoms with van der Waals surface area (Å²) in [6.07, 6.45) is 1.05. The van der Waals surface area contributed by atoms with Gasteiger partial charge in [-0.05, 0) is 35.6 Å². The molecule has 0 aliphatic heterocycles. The monoisotopic (exact) mass is 260 g/mol. The summed E-state index contributed by atoms with van der Waals surface area (Å²) in [6, 6.07) is 11.9. The molecule has 1 aromatic heterocycles. The zero-order chi connectivity index (χ0) is 13.1. The van der Waals surface area contributed by atoms with E-state index >= 15 is 0 Å². The number of carbonyl (C=O) groups is 1. The maximum absolute atomic E-state index is 10.9. The predicted octanol–water partition coefficient (Wildman–Crippen LogP) is 4.31. The van der Waals surface area contributed by atoms with Gasteiger partial charge in [0, 0.05) is 4.88 Å². The zero-order valence-electron chi connectivity index (χ0n) is 10.5. The van der Waals surface area contributed by atoms with E-state index in [9.17, 15) is 4.79 Å². The van der Waals surface area contributed by atoms with Crippen molar-refractivity contribution in [1.29, 1.82) is 0 Å². The first-order valence-electron chi connectivity index (χ1n) is 5.98. The number of aromatic carboxylic acids is 1. The molecular weight excluding hydrogens is 244 g/mol. The van der Waals surface area contributed by atoms with E-state index in [1.807, 2.05) is 18.2 Å². The van der Waals surface area contributed by atoms with Crippen molar-refractivity contribution in [1.82, 2.24) is 0 Å². The number of carboxylic acids is 1. The largest absolute Gasteiger partial charge is 0.477 e. The van der Waals surface area contributed by atoms with Gasteiger partial charge in [0.1, 0.15) is 4.88 Å². The summed E-state index contributed by atoms with van der Waals surface area (Å²) in [5.41, 5.74) is 2.40. The number of rotatable bonds is 4. The van der Waals surface area contributed by atoms with E-state index in [2.05, 4.69) is 26.0 Å². The molecule has 0 unspecified atom stereocenters. The lowest BCUT2D eigenvalue weighted by Crippen LogP contribution is -1.93. The molecule has 0 aliphatic rings. The average molecular weight is 260 g/mol. The fourth-order valence-corrected chi connectivity index (χ4v) is 2.77. The molecule has 0 radical (unpaired) electrons. The first-order chi connectivity index (χ1) is 8.56. The van der Waals surface area contributed by atoms with Crippen molar-refractivity contribution in [3.63, 3.8) is 0 Å². The first kappa shape index (κ1) is 12.8. The van der Waals surface area contributed by atoms with Crippen LogP contribution in [0, 0.1) is 5.92 Å². The zero-order valence-corrected chi connectivity index (χ0v) is 11.3. The van der Waals surface area contributed by atoms with Crippen molar-refractivity contribution in [3.8, 4) is 10.4 Å². The molecule has 2 aromatic rings. The van der Waals surface area contributed by atoms with Gasteiger partial charge < -0.3 is 5.11 Å². The molecule has 2 nitrogen and oxygen atoms in total. The lowest BCUT2D eigenvalue weighted by molar-refractivity contribution is 0.0702. The van der Waals surface area contributed by atoms with E-state index in [0.717, 1.165) is 16.9 Å². The van der Waals surface area contributed by atoms with Crippen LogP contribution in [0.15, 0.2) is 36.4 Å². The van der Waals surface area contributed by atoms with Gasteiger partial charge in [-0.15, -0.1) is 11.3 Å². The molecule has 0 spiro atoms. The Labute approximate surface area is 111 Å². The minimum atomic E-state index is -0.857. The summed E-state index contributed by atoms with van der Waals surface area (Å²) in [5.74, 6) is -0.234. The van der Waals surface area contributed by atoms with Crippen LogP contribution in [0.5, 0.6) is 0 Å². The van der Waals surface area contributed by atoms with Crippen LogP contribution in [-0.4, -0.2) is 11.1 Å². The molecule has 3 heteroatoms. The van der Waals surface area contributed by atoms with Crippen LogP contribution < -0.4 is 0 Å². The quantitative estimate of drug-likeness (QED) is 0.889. The lowest BCUT2D eigenvalue weighted by Gasteiger charge is -2.06. The fourth-order valence-electron chi connectivity index (χ4n) is 1.93. The third-order valence-electron chi connectivity index (χ3n) is 2.67. The van der Waals surface area contributed by atoms with Crippen LogP contribution in [0.2, 0.25) is 0 Å². The third kappa shape index (κ3) is 2.99. The van der Waals surface area contributed by atoms with Crippen LogP contribution >= 0.6 is 11.3 Å². The number of thiophene rings is 1. The van der Waals surface area contributed by atoms with Crippen LogP contribution in [0.1, 0.15) is 29.1 Å². The van der Waals surface area contributed by atoms with Gasteiger partial charge in [-0.2, -0.15) is 0 Å². The molecular formula is C15H16O2S. The van der Waals surface area contributed by atoms with Gasteiger partial charge in [0.05, 0.1) is 0 Å². The normalized spacial score (nSPS) is 10.8. The average Bonchev–Trinajstić information content (AvgIpc) is 2.77. The van der Waals surface area contributed by atoms with Gasteiger partial charge in [0.15, 0.2) is 0 Å². The highest BCUT2D eigenvalue weighted by atomic mass is 32.1. The molecule has 0 amide bonds. The molecule has 1 heterocycles. The summed E-state index contributed by atoms with van der Waals surface area (Å²) in [5, 5.41) is 8.93. The van der Waals surface area contributed by atoms with Gasteiger partial charge in [-0.1, -0.05) is 38.1 Å². The van der Waals surface area contributed by atoms with Crippen molar-refractivity contribution in [3.05, 3.63) is 46.8 Å². The van der Waals surface area contributed by atoms with Crippen molar-refractivity contribution in [2.45, 2.75) is 20.3 Å². The van der Waals surface area contributed by atoms with Gasteiger partial charge in [-0.25, -0.2) is 4.79 Å². The molecule has 0 fully saturated rings. The van der Waals surface area contributed by atoms with Crippen molar-refractivity contribution in [2.24, 2.45) is 5.92 Å². The summed E-state index contributed by atoms with van der Waals surface area (Å²) >= 11 is 1.32. The highest BCUT2D eigenvalue weighted by molar-refractivity contribution is 7.17. The van der Waals surface area contributed by atoms with Crippen LogP contribution in [-0.2, 0) is 6.42 Å². The Morgan fingerprint density at radius 2 is 2.06 bits per heavy atom. The minimum absolute atomic E-state index is 0.388. The maximum Gasteiger partial charge on any atom is 0.345 e. The smallest absolute Gasteiger partial charge is 0.345 e. The Morgan fingerprint density at radius 1 is 1.28 bits per heavy atom. The fraction of sp³-hybridized carbons (Fsp3) is 0.267. The Bertz CT molecular complexity index is 555. The van der Waals surface area contributed by atoms with E-state index in [0.29, 0.717) is 10.8 Å². The van der Waals surface area contributed by atoms with Crippen LogP contribution in [0.3, 0.4) is 0 Å². The second kappa shape index (κ2) is 5.36. The number of hydrogen-bond donors (Lipinski definition) is 1. The standard InChI is InChI=1S/C15H16O2S/c1-10(2)8-11-4-3-5-12(9-11)13-6-7-14(18-13)15(16)17/h3-7,9-10H,8H2,1-2H3,(H,16,17). The van der Waals surface area contributed by atoms with Gasteiger partial charge in [0.25, 0.3) is 0 Å². The number of hydrogen-bond acceptors (Lipinski definition) is 2. The predicted molar refractivity (Wildman–Crippen MR) is 75.3 cm³/mol. The second-order valence-corrected chi connectivity index (χ2v) is 5.85. The second-order valence-electron chi connectivity index (χ2n) is 4.77. The van der Waals surface area contributed by atoms with Crippen molar-refractivity contribution in [2.75, 3.05) is 0 Å². The Hall–Kier alpha value is -1.61. The minimum Gasteiger partial charge on any atom is -0.477 e. The van der Waals surface area contributed by atoms with Crippen LogP contribution in [0.4, 0.5) is 0 Å². The van der Waals surface area contributed by atoms with Gasteiger partial charge in [0.2, 0.25) is 0 Å². The Kier molecular flexibility index (Phi) is 3.82. The molecule has 1 N–H and O–H groups in total. The van der Waals surface area contributed by atoms with E-state index in [1.54, 1.807) is 6.07 Å². The first-order valence-corrected chi connectivity index (χ1v) is 6.80. The highest BCUT2D eigenvalue weighted by Gasteiger charge is 2.08. The molecule has 0 saturated heterocycles. The Balaban J connectivity index is 2.29. The molecule has 0 bridgehead atoms. The summed E-state index contributed by atoms with van der Waals surface area (Å²) in [7, 11) is 0. The molecule has 0 saturated carbocycles. The van der Waals surface area contributed by atoms with Crippen molar-refractivity contribution >= 4 is 17.3 Å². The van der Waals surface area contributed by atoms with Crippen molar-refractivity contribution < 1.29 is 9.90 Å². The molecule has 1 aromatic carbocycles. The molecule has 94 valence electrons. The maximum atomic E-state index is 10.9. The van der Waals surface area contributed by atoms with E-state index in [-0.39, 0.29) is 0 Å². The Morgan fingerprint density at radius 3 is 2.67 bits per heavy atom. The topological polar surface area (TPSA) is 37.3 Å². The summed E-state index contributed by atoms with van der Waals surface area (Å²) in [6.45, 7) is 4.39. The van der Waals surface area contributed by atoms with E-state index in [1.165, 1.54) is 16.9 Å². The van der Waals surface area contributed by atoms with Gasteiger partial charge >= 0.3 is 5.97 Å². The number of carboxylic acid groups (broad SMARTS) is 1. The third-order valence-corrected chi connectivity index (χ3v) is 3.79. The summed E-state index contributed by atoms with van der Waals surface area (Å²) in [4.78, 5) is 12.3. The van der Waals surface area contributed by atoms with Gasteiger partial charge in [-0.3, -0.25) is 0 Å². The van der Waals surface area contributed by atoms with E-state index in [4.69, 9.17) is 5.11 Å². The SMILES string of the molecule is CC(C)Cc1cccc(-c2ccc(C(=O)O)s2)c1. The number of benzene rings is 1.